The number of H-pyrrole nitrogens is 1. The highest BCUT2D eigenvalue weighted by molar-refractivity contribution is 5.63. The number of fused-ring (bicyclic) bond motifs is 1. The van der Waals surface area contributed by atoms with Crippen molar-refractivity contribution in [3.05, 3.63) is 64.8 Å². The average Bonchev–Trinajstić information content (AvgIpc) is 2.98. The molecule has 0 aliphatic carbocycles. The lowest BCUT2D eigenvalue weighted by atomic mass is 9.78. The number of aromatic amines is 1. The van der Waals surface area contributed by atoms with E-state index in [-0.39, 0.29) is 11.5 Å². The number of aromatic nitrogens is 1. The van der Waals surface area contributed by atoms with E-state index in [2.05, 4.69) is 74.2 Å². The molecule has 1 aliphatic rings. The van der Waals surface area contributed by atoms with Crippen molar-refractivity contribution in [1.29, 1.82) is 0 Å². The van der Waals surface area contributed by atoms with E-state index in [1.807, 2.05) is 12.2 Å². The molecule has 0 fully saturated rings. The molecule has 1 aromatic carbocycles. The fraction of sp³-hybridized carbons (Fsp3) is 0.263. The van der Waals surface area contributed by atoms with Crippen LogP contribution in [0, 0.1) is 0 Å². The second kappa shape index (κ2) is 4.96. The van der Waals surface area contributed by atoms with Crippen LogP contribution in [0.25, 0.3) is 12.2 Å². The second-order valence-electron chi connectivity index (χ2n) is 6.11. The topological polar surface area (TPSA) is 27.8 Å². The molecule has 21 heavy (non-hydrogen) atoms. The normalized spacial score (nSPS) is 21.2. The van der Waals surface area contributed by atoms with E-state index < -0.39 is 0 Å². The van der Waals surface area contributed by atoms with Crippen LogP contribution in [0.5, 0.6) is 0 Å². The first-order chi connectivity index (χ1) is 10.1. The van der Waals surface area contributed by atoms with Crippen LogP contribution >= 0.6 is 0 Å². The molecule has 0 spiro atoms. The van der Waals surface area contributed by atoms with Crippen LogP contribution in [-0.2, 0) is 5.41 Å². The summed E-state index contributed by atoms with van der Waals surface area (Å²) in [5.41, 5.74) is 3.99. The van der Waals surface area contributed by atoms with Gasteiger partial charge in [0.25, 0.3) is 0 Å². The van der Waals surface area contributed by atoms with Crippen LogP contribution in [0.4, 0.5) is 5.69 Å². The number of benzene rings is 1. The van der Waals surface area contributed by atoms with Crippen molar-refractivity contribution in [2.45, 2.75) is 32.2 Å². The summed E-state index contributed by atoms with van der Waals surface area (Å²) in [6, 6.07) is 8.86. The molecule has 2 aromatic rings. The first kappa shape index (κ1) is 13.7. The molecule has 0 saturated heterocycles. The maximum Gasteiger partial charge on any atom is 0.0626 e. The second-order valence-corrected chi connectivity index (χ2v) is 6.11. The molecule has 0 bridgehead atoms. The van der Waals surface area contributed by atoms with Crippen molar-refractivity contribution in [1.82, 2.24) is 4.98 Å². The first-order valence-electron chi connectivity index (χ1n) is 7.42. The quantitative estimate of drug-likeness (QED) is 0.867. The van der Waals surface area contributed by atoms with Crippen molar-refractivity contribution >= 4 is 17.8 Å². The third-order valence-electron chi connectivity index (χ3n) is 4.51. The van der Waals surface area contributed by atoms with Crippen molar-refractivity contribution in [2.75, 3.05) is 5.32 Å². The van der Waals surface area contributed by atoms with Crippen LogP contribution in [0.2, 0.25) is 0 Å². The standard InChI is InChI=1S/C19H22N2/c1-5-9-16-13(6-2)14(12-20-16)18-19(3,4)15-10-7-8-11-17(15)21-18/h5-12,18,20-21H,1H2,2-4H3/b13-6-,16-9+. The first-order valence-corrected chi connectivity index (χ1v) is 7.42. The molecule has 2 nitrogen and oxygen atoms in total. The molecule has 1 unspecified atom stereocenters. The number of nitrogens with one attached hydrogen (secondary N) is 2. The zero-order chi connectivity index (χ0) is 15.0. The van der Waals surface area contributed by atoms with Gasteiger partial charge in [-0.05, 0) is 24.6 Å². The lowest BCUT2D eigenvalue weighted by Crippen LogP contribution is -2.32. The van der Waals surface area contributed by atoms with Crippen LogP contribution in [-0.4, -0.2) is 4.98 Å². The lowest BCUT2D eigenvalue weighted by Gasteiger charge is -2.27. The molecule has 2 heteroatoms. The van der Waals surface area contributed by atoms with Crippen LogP contribution in [0.15, 0.2) is 43.1 Å². The molecule has 1 aromatic heterocycles. The minimum absolute atomic E-state index is 0.0575. The van der Waals surface area contributed by atoms with E-state index in [4.69, 9.17) is 0 Å². The lowest BCUT2D eigenvalue weighted by molar-refractivity contribution is 0.473. The maximum atomic E-state index is 3.79. The molecule has 2 heterocycles. The Bertz CT molecular complexity index is 793. The SMILES string of the molecule is C=C/C=c1/[nH]cc(C2Nc3ccccc3C2(C)C)/c1=C/C. The molecule has 0 saturated carbocycles. The minimum Gasteiger partial charge on any atom is -0.377 e. The van der Waals surface area contributed by atoms with Crippen molar-refractivity contribution in [3.63, 3.8) is 0 Å². The Balaban J connectivity index is 2.17. The molecule has 108 valence electrons. The van der Waals surface area contributed by atoms with Gasteiger partial charge >= 0.3 is 0 Å². The number of para-hydroxylation sites is 1. The summed E-state index contributed by atoms with van der Waals surface area (Å²) in [5.74, 6) is 0. The number of hydrogen-bond donors (Lipinski definition) is 2. The van der Waals surface area contributed by atoms with Gasteiger partial charge < -0.3 is 10.3 Å². The molecule has 1 atom stereocenters. The Morgan fingerprint density at radius 3 is 2.67 bits per heavy atom. The number of rotatable bonds is 2. The highest BCUT2D eigenvalue weighted by atomic mass is 15.0. The zero-order valence-corrected chi connectivity index (χ0v) is 12.9. The summed E-state index contributed by atoms with van der Waals surface area (Å²) in [7, 11) is 0. The van der Waals surface area contributed by atoms with Gasteiger partial charge in [-0.1, -0.05) is 50.8 Å². The smallest absolute Gasteiger partial charge is 0.0626 e. The monoisotopic (exact) mass is 278 g/mol. The minimum atomic E-state index is 0.0575. The molecular formula is C19H22N2. The summed E-state index contributed by atoms with van der Waals surface area (Å²) < 4.78 is 0. The van der Waals surface area contributed by atoms with Crippen LogP contribution in [0.3, 0.4) is 0 Å². The molecule has 2 N–H and O–H groups in total. The van der Waals surface area contributed by atoms with Crippen molar-refractivity contribution in [3.8, 4) is 0 Å². The Labute approximate surface area is 125 Å². The van der Waals surface area contributed by atoms with E-state index in [0.29, 0.717) is 0 Å². The maximum absolute atomic E-state index is 3.79. The predicted octanol–water partition coefficient (Wildman–Crippen LogP) is 3.23. The highest BCUT2D eigenvalue weighted by Gasteiger charge is 2.40. The molecular weight excluding hydrogens is 256 g/mol. The van der Waals surface area contributed by atoms with E-state index in [0.717, 1.165) is 5.35 Å². The Morgan fingerprint density at radius 2 is 2.00 bits per heavy atom. The summed E-state index contributed by atoms with van der Waals surface area (Å²) in [6.07, 6.45) is 8.14. The van der Waals surface area contributed by atoms with Gasteiger partial charge in [0.15, 0.2) is 0 Å². The highest BCUT2D eigenvalue weighted by Crippen LogP contribution is 2.47. The molecule has 0 radical (unpaired) electrons. The number of anilines is 1. The fourth-order valence-electron chi connectivity index (χ4n) is 3.41. The van der Waals surface area contributed by atoms with Gasteiger partial charge in [0.1, 0.15) is 0 Å². The summed E-state index contributed by atoms with van der Waals surface area (Å²) in [5, 5.41) is 6.07. The van der Waals surface area contributed by atoms with Gasteiger partial charge in [-0.25, -0.2) is 0 Å². The Kier molecular flexibility index (Phi) is 3.25. The Morgan fingerprint density at radius 1 is 1.24 bits per heavy atom. The third-order valence-corrected chi connectivity index (χ3v) is 4.51. The average molecular weight is 278 g/mol. The van der Waals surface area contributed by atoms with E-state index in [1.165, 1.54) is 22.0 Å². The van der Waals surface area contributed by atoms with E-state index >= 15 is 0 Å². The van der Waals surface area contributed by atoms with Gasteiger partial charge in [-0.2, -0.15) is 0 Å². The van der Waals surface area contributed by atoms with Crippen molar-refractivity contribution < 1.29 is 0 Å². The largest absolute Gasteiger partial charge is 0.377 e. The van der Waals surface area contributed by atoms with Gasteiger partial charge in [0, 0.05) is 33.4 Å². The van der Waals surface area contributed by atoms with Gasteiger partial charge in [-0.3, -0.25) is 0 Å². The number of allylic oxidation sites excluding steroid dienone is 1. The van der Waals surface area contributed by atoms with Crippen LogP contribution < -0.4 is 15.9 Å². The summed E-state index contributed by atoms with van der Waals surface area (Å²) >= 11 is 0. The van der Waals surface area contributed by atoms with Crippen LogP contribution in [0.1, 0.15) is 37.9 Å². The van der Waals surface area contributed by atoms with E-state index in [9.17, 15) is 0 Å². The predicted molar refractivity (Wildman–Crippen MR) is 90.7 cm³/mol. The fourth-order valence-corrected chi connectivity index (χ4v) is 3.41. The van der Waals surface area contributed by atoms with E-state index in [1.54, 1.807) is 0 Å². The van der Waals surface area contributed by atoms with Crippen molar-refractivity contribution in [2.24, 2.45) is 0 Å². The molecule has 0 amide bonds. The third kappa shape index (κ3) is 2.02. The zero-order valence-electron chi connectivity index (χ0n) is 12.9. The van der Waals surface area contributed by atoms with Gasteiger partial charge in [0.05, 0.1) is 6.04 Å². The Hall–Kier alpha value is -2.22. The summed E-state index contributed by atoms with van der Waals surface area (Å²) in [6.45, 7) is 10.5. The number of hydrogen-bond acceptors (Lipinski definition) is 1. The molecule has 3 rings (SSSR count). The van der Waals surface area contributed by atoms with Gasteiger partial charge in [0.2, 0.25) is 0 Å². The summed E-state index contributed by atoms with van der Waals surface area (Å²) in [4.78, 5) is 3.37. The molecule has 1 aliphatic heterocycles. The van der Waals surface area contributed by atoms with Gasteiger partial charge in [-0.15, -0.1) is 0 Å².